The number of nitrogens with two attached hydrogens (primary N) is 1. The maximum Gasteiger partial charge on any atom is 0.310 e. The first-order valence-electron chi connectivity index (χ1n) is 3.59. The van der Waals surface area contributed by atoms with Gasteiger partial charge in [-0.05, 0) is 12.8 Å². The predicted molar refractivity (Wildman–Crippen MR) is 44.6 cm³/mol. The molecule has 0 bridgehead atoms. The topological polar surface area (TPSA) is 52.3 Å². The summed E-state index contributed by atoms with van der Waals surface area (Å²) in [5.41, 5.74) is 5.65. The molecule has 0 heterocycles. The lowest BCUT2D eigenvalue weighted by molar-refractivity contribution is -0.145. The van der Waals surface area contributed by atoms with E-state index in [-0.39, 0.29) is 30.3 Å². The van der Waals surface area contributed by atoms with Crippen molar-refractivity contribution in [1.29, 1.82) is 0 Å². The van der Waals surface area contributed by atoms with Crippen molar-refractivity contribution in [3.63, 3.8) is 0 Å². The molecule has 66 valence electrons. The molecule has 2 N–H and O–H groups in total. The molecule has 1 rings (SSSR count). The maximum absolute atomic E-state index is 10.9. The second-order valence-electron chi connectivity index (χ2n) is 2.72. The predicted octanol–water partition coefficient (Wildman–Crippen LogP) is 0.709. The van der Waals surface area contributed by atoms with Crippen molar-refractivity contribution in [1.82, 2.24) is 0 Å². The Kier molecular flexibility index (Phi) is 4.45. The van der Waals surface area contributed by atoms with Gasteiger partial charge in [0.1, 0.15) is 0 Å². The molecule has 4 heteroatoms. The van der Waals surface area contributed by atoms with E-state index in [1.165, 1.54) is 7.11 Å². The van der Waals surface area contributed by atoms with E-state index >= 15 is 0 Å². The molecule has 2 atom stereocenters. The first kappa shape index (κ1) is 10.7. The normalized spacial score (nSPS) is 29.3. The van der Waals surface area contributed by atoms with E-state index in [4.69, 9.17) is 5.73 Å². The van der Waals surface area contributed by atoms with Crippen LogP contribution in [0.1, 0.15) is 19.3 Å². The average molecular weight is 180 g/mol. The Balaban J connectivity index is 0.000001000. The fourth-order valence-corrected chi connectivity index (χ4v) is 1.43. The van der Waals surface area contributed by atoms with Crippen molar-refractivity contribution in [3.8, 4) is 0 Å². The highest BCUT2D eigenvalue weighted by molar-refractivity contribution is 5.85. The lowest BCUT2D eigenvalue weighted by Crippen LogP contribution is -2.31. The summed E-state index contributed by atoms with van der Waals surface area (Å²) in [4.78, 5) is 10.9. The highest BCUT2D eigenvalue weighted by atomic mass is 35.5. The molecule has 11 heavy (non-hydrogen) atoms. The molecule has 1 fully saturated rings. The van der Waals surface area contributed by atoms with Crippen molar-refractivity contribution < 1.29 is 9.53 Å². The lowest BCUT2D eigenvalue weighted by Gasteiger charge is -2.11. The van der Waals surface area contributed by atoms with Gasteiger partial charge < -0.3 is 10.5 Å². The first-order chi connectivity index (χ1) is 4.75. The number of ether oxygens (including phenoxy) is 1. The number of carbonyl (C=O) groups is 1. The van der Waals surface area contributed by atoms with Gasteiger partial charge >= 0.3 is 5.97 Å². The molecule has 2 unspecified atom stereocenters. The number of halogens is 1. The van der Waals surface area contributed by atoms with E-state index in [9.17, 15) is 4.79 Å². The zero-order valence-corrected chi connectivity index (χ0v) is 7.39. The molecular weight excluding hydrogens is 166 g/mol. The summed E-state index contributed by atoms with van der Waals surface area (Å²) in [7, 11) is 1.41. The lowest BCUT2D eigenvalue weighted by atomic mass is 10.1. The minimum absolute atomic E-state index is 0. The van der Waals surface area contributed by atoms with Gasteiger partial charge in [-0.1, -0.05) is 6.42 Å². The number of esters is 1. The molecule has 0 aromatic rings. The summed E-state index contributed by atoms with van der Waals surface area (Å²) in [6.07, 6.45) is 2.91. The second-order valence-corrected chi connectivity index (χ2v) is 2.72. The van der Waals surface area contributed by atoms with Crippen LogP contribution in [-0.2, 0) is 9.53 Å². The Morgan fingerprint density at radius 1 is 1.55 bits per heavy atom. The quantitative estimate of drug-likeness (QED) is 0.604. The monoisotopic (exact) mass is 179 g/mol. The van der Waals surface area contributed by atoms with E-state index < -0.39 is 0 Å². The Hall–Kier alpha value is -0.280. The summed E-state index contributed by atoms with van der Waals surface area (Å²) in [6.45, 7) is 0. The van der Waals surface area contributed by atoms with Crippen molar-refractivity contribution >= 4 is 18.4 Å². The Morgan fingerprint density at radius 3 is 2.55 bits per heavy atom. The van der Waals surface area contributed by atoms with Gasteiger partial charge in [0.15, 0.2) is 0 Å². The van der Waals surface area contributed by atoms with Crippen LogP contribution in [0.4, 0.5) is 0 Å². The highest BCUT2D eigenvalue weighted by Crippen LogP contribution is 2.24. The van der Waals surface area contributed by atoms with Gasteiger partial charge in [-0.2, -0.15) is 0 Å². The van der Waals surface area contributed by atoms with Crippen LogP contribution in [0.3, 0.4) is 0 Å². The Morgan fingerprint density at radius 2 is 2.18 bits per heavy atom. The largest absolute Gasteiger partial charge is 0.469 e. The zero-order chi connectivity index (χ0) is 7.56. The standard InChI is InChI=1S/C7H13NO2.ClH/c1-10-7(9)5-3-2-4-6(5)8;/h5-6H,2-4,8H2,1H3;1H. The molecule has 1 aliphatic rings. The molecule has 0 aromatic carbocycles. The molecule has 0 amide bonds. The van der Waals surface area contributed by atoms with E-state index in [0.29, 0.717) is 0 Å². The number of hydrogen-bond donors (Lipinski definition) is 1. The number of carbonyl (C=O) groups excluding carboxylic acids is 1. The van der Waals surface area contributed by atoms with Gasteiger partial charge in [0.25, 0.3) is 0 Å². The van der Waals surface area contributed by atoms with Crippen molar-refractivity contribution in [2.24, 2.45) is 11.7 Å². The third-order valence-corrected chi connectivity index (χ3v) is 2.07. The van der Waals surface area contributed by atoms with Crippen LogP contribution in [0.5, 0.6) is 0 Å². The Bertz CT molecular complexity index is 140. The van der Waals surface area contributed by atoms with Crippen LogP contribution in [0, 0.1) is 5.92 Å². The van der Waals surface area contributed by atoms with Crippen LogP contribution in [0.15, 0.2) is 0 Å². The SMILES string of the molecule is COC(=O)C1CCCC1N.Cl. The van der Waals surface area contributed by atoms with E-state index in [2.05, 4.69) is 4.74 Å². The third-order valence-electron chi connectivity index (χ3n) is 2.07. The van der Waals surface area contributed by atoms with Crippen molar-refractivity contribution in [3.05, 3.63) is 0 Å². The van der Waals surface area contributed by atoms with Crippen LogP contribution in [0.2, 0.25) is 0 Å². The minimum Gasteiger partial charge on any atom is -0.469 e. The molecule has 0 radical (unpaired) electrons. The molecule has 0 aromatic heterocycles. The summed E-state index contributed by atoms with van der Waals surface area (Å²) in [5.74, 6) is -0.185. The van der Waals surface area contributed by atoms with Gasteiger partial charge in [0.2, 0.25) is 0 Å². The summed E-state index contributed by atoms with van der Waals surface area (Å²) in [5, 5.41) is 0. The molecular formula is C7H14ClNO2. The minimum atomic E-state index is -0.148. The van der Waals surface area contributed by atoms with Crippen LogP contribution in [0.25, 0.3) is 0 Å². The molecule has 3 nitrogen and oxygen atoms in total. The zero-order valence-electron chi connectivity index (χ0n) is 6.58. The highest BCUT2D eigenvalue weighted by Gasteiger charge is 2.30. The molecule has 0 saturated heterocycles. The van der Waals surface area contributed by atoms with E-state index in [1.54, 1.807) is 0 Å². The maximum atomic E-state index is 10.9. The fraction of sp³-hybridized carbons (Fsp3) is 0.857. The average Bonchev–Trinajstić information content (AvgIpc) is 2.34. The van der Waals surface area contributed by atoms with E-state index in [0.717, 1.165) is 19.3 Å². The smallest absolute Gasteiger partial charge is 0.310 e. The number of hydrogen-bond acceptors (Lipinski definition) is 3. The Labute approximate surface area is 72.7 Å². The van der Waals surface area contributed by atoms with Crippen molar-refractivity contribution in [2.45, 2.75) is 25.3 Å². The summed E-state index contributed by atoms with van der Waals surface area (Å²) < 4.78 is 4.59. The first-order valence-corrected chi connectivity index (χ1v) is 3.59. The summed E-state index contributed by atoms with van der Waals surface area (Å²) >= 11 is 0. The van der Waals surface area contributed by atoms with Crippen molar-refractivity contribution in [2.75, 3.05) is 7.11 Å². The molecule has 1 aliphatic carbocycles. The van der Waals surface area contributed by atoms with Crippen LogP contribution in [-0.4, -0.2) is 19.1 Å². The third kappa shape index (κ3) is 2.34. The van der Waals surface area contributed by atoms with Gasteiger partial charge in [-0.15, -0.1) is 12.4 Å². The fourth-order valence-electron chi connectivity index (χ4n) is 1.43. The van der Waals surface area contributed by atoms with Crippen LogP contribution < -0.4 is 5.73 Å². The summed E-state index contributed by atoms with van der Waals surface area (Å²) in [6, 6.07) is 0.0347. The molecule has 0 spiro atoms. The van der Waals surface area contributed by atoms with Gasteiger partial charge in [0.05, 0.1) is 13.0 Å². The number of methoxy groups -OCH3 is 1. The van der Waals surface area contributed by atoms with Gasteiger partial charge in [0, 0.05) is 6.04 Å². The van der Waals surface area contributed by atoms with E-state index in [1.807, 2.05) is 0 Å². The molecule has 0 aliphatic heterocycles. The second kappa shape index (κ2) is 4.57. The number of rotatable bonds is 1. The molecule has 1 saturated carbocycles. The van der Waals surface area contributed by atoms with Gasteiger partial charge in [-0.25, -0.2) is 0 Å². The van der Waals surface area contributed by atoms with Crippen LogP contribution >= 0.6 is 12.4 Å². The van der Waals surface area contributed by atoms with Gasteiger partial charge in [-0.3, -0.25) is 4.79 Å².